The minimum Gasteiger partial charge on any atom is -0.504 e. The van der Waals surface area contributed by atoms with Gasteiger partial charge in [-0.3, -0.25) is 9.55 Å². The molecule has 0 aliphatic rings. The number of aromatic nitrogens is 3. The van der Waals surface area contributed by atoms with Crippen LogP contribution >= 0.6 is 11.3 Å². The summed E-state index contributed by atoms with van der Waals surface area (Å²) in [5.41, 5.74) is 6.58. The van der Waals surface area contributed by atoms with Crippen LogP contribution in [-0.4, -0.2) is 19.6 Å². The van der Waals surface area contributed by atoms with Gasteiger partial charge in [0, 0.05) is 43.6 Å². The highest BCUT2D eigenvalue weighted by Crippen LogP contribution is 2.44. The Labute approximate surface area is 268 Å². The number of phenols is 1. The number of imidazole rings is 1. The lowest BCUT2D eigenvalue weighted by atomic mass is 9.93. The Bertz CT molecular complexity index is 2570. The van der Waals surface area contributed by atoms with Gasteiger partial charge >= 0.3 is 6.01 Å². The number of rotatable bonds is 5. The Morgan fingerprint density at radius 2 is 1.43 bits per heavy atom. The Balaban J connectivity index is 1.28. The van der Waals surface area contributed by atoms with Gasteiger partial charge in [-0.2, -0.15) is 4.98 Å². The summed E-state index contributed by atoms with van der Waals surface area (Å²) in [5.74, 6) is 0.424. The van der Waals surface area contributed by atoms with Gasteiger partial charge in [0.05, 0.1) is 16.9 Å². The molecule has 3 heterocycles. The highest BCUT2D eigenvalue weighted by molar-refractivity contribution is 7.25. The van der Waals surface area contributed by atoms with E-state index in [1.165, 1.54) is 0 Å². The molecular formula is C40H25N3O2S. The van der Waals surface area contributed by atoms with Gasteiger partial charge in [-0.25, -0.2) is 0 Å². The fourth-order valence-electron chi connectivity index (χ4n) is 6.33. The molecule has 0 saturated heterocycles. The summed E-state index contributed by atoms with van der Waals surface area (Å²) in [6, 6.07) is 47.4. The third-order valence-corrected chi connectivity index (χ3v) is 9.57. The number of ether oxygens (including phenoxy) is 1. The minimum absolute atomic E-state index is 0.0694. The van der Waals surface area contributed by atoms with E-state index < -0.39 is 0 Å². The molecule has 0 atom stereocenters. The standard InChI is InChI=1S/C40H25N3O2S/c44-35-24-38-32(29-15-6-7-19-37(29)46-38)23-36(35)45-40-42-39-30(16-10-18-34(39)43(40)27-12-2-1-3-13-27)31-22-26(33-17-8-9-20-41-33)21-25-11-4-5-14-28(25)31/h1-24,44H. The van der Waals surface area contributed by atoms with Crippen molar-refractivity contribution >= 4 is 53.3 Å². The molecule has 46 heavy (non-hydrogen) atoms. The lowest BCUT2D eigenvalue weighted by Crippen LogP contribution is -1.98. The van der Waals surface area contributed by atoms with Crippen LogP contribution in [0.2, 0.25) is 0 Å². The fraction of sp³-hybridized carbons (Fsp3) is 0. The first-order valence-corrected chi connectivity index (χ1v) is 15.9. The van der Waals surface area contributed by atoms with Gasteiger partial charge in [0.2, 0.25) is 0 Å². The normalized spacial score (nSPS) is 11.6. The molecule has 0 aliphatic heterocycles. The number of thiophene rings is 1. The zero-order valence-corrected chi connectivity index (χ0v) is 25.3. The summed E-state index contributed by atoms with van der Waals surface area (Å²) in [6.07, 6.45) is 1.82. The fourth-order valence-corrected chi connectivity index (χ4v) is 7.45. The van der Waals surface area contributed by atoms with E-state index in [-0.39, 0.29) is 5.75 Å². The summed E-state index contributed by atoms with van der Waals surface area (Å²) in [4.78, 5) is 9.80. The van der Waals surface area contributed by atoms with Gasteiger partial charge in [0.1, 0.15) is 5.52 Å². The molecule has 1 N–H and O–H groups in total. The molecule has 5 nitrogen and oxygen atoms in total. The van der Waals surface area contributed by atoms with Crippen molar-refractivity contribution in [2.24, 2.45) is 0 Å². The van der Waals surface area contributed by atoms with E-state index in [1.807, 2.05) is 77.5 Å². The van der Waals surface area contributed by atoms with Crippen molar-refractivity contribution < 1.29 is 9.84 Å². The summed E-state index contributed by atoms with van der Waals surface area (Å²) in [7, 11) is 0. The maximum absolute atomic E-state index is 11.2. The van der Waals surface area contributed by atoms with Crippen molar-refractivity contribution in [1.82, 2.24) is 14.5 Å². The average molecular weight is 612 g/mol. The van der Waals surface area contributed by atoms with Gasteiger partial charge in [0.25, 0.3) is 0 Å². The van der Waals surface area contributed by atoms with Crippen LogP contribution in [0.4, 0.5) is 0 Å². The highest BCUT2D eigenvalue weighted by atomic mass is 32.1. The number of pyridine rings is 1. The van der Waals surface area contributed by atoms with E-state index in [9.17, 15) is 5.11 Å². The molecule has 0 saturated carbocycles. The van der Waals surface area contributed by atoms with Crippen molar-refractivity contribution in [2.75, 3.05) is 0 Å². The van der Waals surface area contributed by atoms with E-state index in [2.05, 4.69) is 71.7 Å². The van der Waals surface area contributed by atoms with Crippen LogP contribution < -0.4 is 4.74 Å². The van der Waals surface area contributed by atoms with Gasteiger partial charge in [-0.15, -0.1) is 11.3 Å². The molecule has 0 fully saturated rings. The molecule has 0 spiro atoms. The molecule has 0 aliphatic carbocycles. The number of hydrogen-bond donors (Lipinski definition) is 1. The molecule has 6 aromatic carbocycles. The molecular weight excluding hydrogens is 587 g/mol. The Morgan fingerprint density at radius 3 is 2.30 bits per heavy atom. The first kappa shape index (κ1) is 26.4. The molecule has 0 amide bonds. The maximum Gasteiger partial charge on any atom is 0.307 e. The molecule has 9 rings (SSSR count). The van der Waals surface area contributed by atoms with Crippen LogP contribution in [0.3, 0.4) is 0 Å². The third-order valence-electron chi connectivity index (χ3n) is 8.44. The molecule has 0 bridgehead atoms. The van der Waals surface area contributed by atoms with Gasteiger partial charge < -0.3 is 9.84 Å². The molecule has 3 aromatic heterocycles. The maximum atomic E-state index is 11.2. The van der Waals surface area contributed by atoms with E-state index in [4.69, 9.17) is 9.72 Å². The molecule has 218 valence electrons. The molecule has 0 radical (unpaired) electrons. The van der Waals surface area contributed by atoms with Crippen molar-refractivity contribution in [3.63, 3.8) is 0 Å². The largest absolute Gasteiger partial charge is 0.504 e. The lowest BCUT2D eigenvalue weighted by molar-refractivity contribution is 0.390. The lowest BCUT2D eigenvalue weighted by Gasteiger charge is -2.12. The van der Waals surface area contributed by atoms with Crippen LogP contribution in [0.15, 0.2) is 146 Å². The van der Waals surface area contributed by atoms with E-state index in [0.29, 0.717) is 11.8 Å². The van der Waals surface area contributed by atoms with Crippen molar-refractivity contribution in [2.45, 2.75) is 0 Å². The van der Waals surface area contributed by atoms with E-state index in [0.717, 1.165) is 70.0 Å². The number of para-hydroxylation sites is 2. The zero-order chi connectivity index (χ0) is 30.6. The number of fused-ring (bicyclic) bond motifs is 5. The second-order valence-electron chi connectivity index (χ2n) is 11.2. The monoisotopic (exact) mass is 611 g/mol. The van der Waals surface area contributed by atoms with Crippen LogP contribution in [0.25, 0.3) is 70.0 Å². The number of benzene rings is 6. The Hall–Kier alpha value is -5.98. The van der Waals surface area contributed by atoms with E-state index >= 15 is 0 Å². The van der Waals surface area contributed by atoms with Crippen molar-refractivity contribution in [3.05, 3.63) is 146 Å². The summed E-state index contributed by atoms with van der Waals surface area (Å²) < 4.78 is 10.8. The Kier molecular flexibility index (Phi) is 6.08. The Morgan fingerprint density at radius 1 is 0.630 bits per heavy atom. The molecule has 0 unspecified atom stereocenters. The van der Waals surface area contributed by atoms with E-state index in [1.54, 1.807) is 17.4 Å². The smallest absolute Gasteiger partial charge is 0.307 e. The highest BCUT2D eigenvalue weighted by Gasteiger charge is 2.21. The van der Waals surface area contributed by atoms with Crippen LogP contribution in [0.5, 0.6) is 17.5 Å². The quantitative estimate of drug-likeness (QED) is 0.210. The summed E-state index contributed by atoms with van der Waals surface area (Å²) in [5, 5.41) is 15.6. The van der Waals surface area contributed by atoms with Gasteiger partial charge in [-0.1, -0.05) is 78.9 Å². The average Bonchev–Trinajstić information content (AvgIpc) is 3.66. The summed E-state index contributed by atoms with van der Waals surface area (Å²) >= 11 is 1.65. The van der Waals surface area contributed by atoms with Crippen molar-refractivity contribution in [3.8, 4) is 45.6 Å². The van der Waals surface area contributed by atoms with Crippen LogP contribution in [0, 0.1) is 0 Å². The predicted molar refractivity (Wildman–Crippen MR) is 188 cm³/mol. The number of hydrogen-bond acceptors (Lipinski definition) is 5. The first-order valence-electron chi connectivity index (χ1n) is 15.0. The topological polar surface area (TPSA) is 60.2 Å². The van der Waals surface area contributed by atoms with Crippen LogP contribution in [0.1, 0.15) is 0 Å². The van der Waals surface area contributed by atoms with Crippen molar-refractivity contribution in [1.29, 1.82) is 0 Å². The predicted octanol–water partition coefficient (Wildman–Crippen LogP) is 10.8. The van der Waals surface area contributed by atoms with Gasteiger partial charge in [0.15, 0.2) is 11.5 Å². The van der Waals surface area contributed by atoms with Crippen LogP contribution in [-0.2, 0) is 0 Å². The SMILES string of the molecule is Oc1cc2sc3ccccc3c2cc1Oc1nc2c(-c3cc(-c4ccccn4)cc4ccccc34)cccc2n1-c1ccccc1. The second-order valence-corrected chi connectivity index (χ2v) is 12.3. The summed E-state index contributed by atoms with van der Waals surface area (Å²) in [6.45, 7) is 0. The second kappa shape index (κ2) is 10.6. The third kappa shape index (κ3) is 4.30. The first-order chi connectivity index (χ1) is 22.7. The molecule has 6 heteroatoms. The number of nitrogens with zero attached hydrogens (tertiary/aromatic N) is 3. The number of aromatic hydroxyl groups is 1. The van der Waals surface area contributed by atoms with Gasteiger partial charge in [-0.05, 0) is 70.9 Å². The number of phenolic OH excluding ortho intramolecular Hbond substituents is 1. The zero-order valence-electron chi connectivity index (χ0n) is 24.5. The minimum atomic E-state index is 0.0694. The molecule has 9 aromatic rings.